The number of anilines is 1. The largest absolute Gasteiger partial charge is 0.296 e. The van der Waals surface area contributed by atoms with E-state index in [9.17, 15) is 13.2 Å². The van der Waals surface area contributed by atoms with Gasteiger partial charge in [-0.05, 0) is 23.8 Å². The molecule has 1 aromatic heterocycles. The Morgan fingerprint density at radius 1 is 1.10 bits per heavy atom. The van der Waals surface area contributed by atoms with Crippen LogP contribution < -0.4 is 5.32 Å². The van der Waals surface area contributed by atoms with Gasteiger partial charge in [-0.25, -0.2) is 8.42 Å². The highest BCUT2D eigenvalue weighted by Crippen LogP contribution is 2.25. The molecule has 1 amide bonds. The van der Waals surface area contributed by atoms with Crippen LogP contribution >= 0.6 is 22.9 Å². The molecule has 0 spiro atoms. The topological polar surface area (TPSA) is 92.3 Å². The smallest absolute Gasteiger partial charge is 0.259 e. The molecule has 0 saturated heterocycles. The van der Waals surface area contributed by atoms with Crippen LogP contribution in [0.25, 0.3) is 0 Å². The first-order valence-electron chi connectivity index (χ1n) is 9.32. The zero-order chi connectivity index (χ0) is 21.7. The lowest BCUT2D eigenvalue weighted by atomic mass is 10.2. The number of rotatable bonds is 8. The number of amides is 1. The molecule has 7 nitrogen and oxygen atoms in total. The van der Waals surface area contributed by atoms with E-state index in [4.69, 9.17) is 11.6 Å². The maximum Gasteiger partial charge on any atom is 0.259 e. The monoisotopic (exact) mass is 464 g/mol. The molecule has 1 N–H and O–H groups in total. The highest BCUT2D eigenvalue weighted by atomic mass is 35.5. The molecule has 0 aliphatic carbocycles. The minimum absolute atomic E-state index is 0.0165. The number of carbonyl (C=O) groups excluding carboxylic acids is 1. The first kappa shape index (κ1) is 22.4. The maximum atomic E-state index is 12.7. The predicted octanol–water partition coefficient (Wildman–Crippen LogP) is 4.07. The molecule has 0 fully saturated rings. The van der Waals surface area contributed by atoms with Gasteiger partial charge in [-0.15, -0.1) is 10.2 Å². The Morgan fingerprint density at radius 3 is 2.47 bits per heavy atom. The van der Waals surface area contributed by atoms with E-state index in [2.05, 4.69) is 15.5 Å². The van der Waals surface area contributed by atoms with E-state index >= 15 is 0 Å². The van der Waals surface area contributed by atoms with E-state index in [1.807, 2.05) is 30.3 Å². The van der Waals surface area contributed by atoms with Crippen LogP contribution in [-0.2, 0) is 16.4 Å². The SMILES string of the molecule is CCN(CC)S(=O)(=O)c1ccc(Cl)c(C(=O)Nc2nnc(Cc3ccccc3)s2)c1. The fourth-order valence-corrected chi connectivity index (χ4v) is 5.32. The van der Waals surface area contributed by atoms with Crippen molar-refractivity contribution in [2.45, 2.75) is 25.2 Å². The number of halogens is 1. The fourth-order valence-electron chi connectivity index (χ4n) is 2.86. The van der Waals surface area contributed by atoms with E-state index in [1.54, 1.807) is 13.8 Å². The summed E-state index contributed by atoms with van der Waals surface area (Å²) < 4.78 is 26.8. The molecular formula is C20H21ClN4O3S2. The third-order valence-electron chi connectivity index (χ3n) is 4.41. The van der Waals surface area contributed by atoms with Crippen molar-refractivity contribution >= 4 is 44.0 Å². The number of nitrogens with zero attached hydrogens (tertiary/aromatic N) is 3. The molecular weight excluding hydrogens is 444 g/mol. The highest BCUT2D eigenvalue weighted by Gasteiger charge is 2.24. The quantitative estimate of drug-likeness (QED) is 0.542. The molecule has 0 aliphatic heterocycles. The van der Waals surface area contributed by atoms with Crippen molar-refractivity contribution in [3.63, 3.8) is 0 Å². The van der Waals surface area contributed by atoms with Crippen LogP contribution in [0.5, 0.6) is 0 Å². The zero-order valence-electron chi connectivity index (χ0n) is 16.5. The number of nitrogens with one attached hydrogen (secondary N) is 1. The first-order chi connectivity index (χ1) is 14.3. The first-order valence-corrected chi connectivity index (χ1v) is 12.0. The second-order valence-corrected chi connectivity index (χ2v) is 9.76. The van der Waals surface area contributed by atoms with Gasteiger partial charge in [0.05, 0.1) is 15.5 Å². The molecule has 10 heteroatoms. The summed E-state index contributed by atoms with van der Waals surface area (Å²) in [4.78, 5) is 12.7. The lowest BCUT2D eigenvalue weighted by Crippen LogP contribution is -2.30. The summed E-state index contributed by atoms with van der Waals surface area (Å²) >= 11 is 7.42. The van der Waals surface area contributed by atoms with Gasteiger partial charge in [0.2, 0.25) is 15.2 Å². The summed E-state index contributed by atoms with van der Waals surface area (Å²) in [5.74, 6) is -0.543. The van der Waals surface area contributed by atoms with Crippen LogP contribution in [0, 0.1) is 0 Å². The highest BCUT2D eigenvalue weighted by molar-refractivity contribution is 7.89. The standard InChI is InChI=1S/C20H21ClN4O3S2/c1-3-25(4-2)30(27,28)15-10-11-17(21)16(13-15)19(26)22-20-24-23-18(29-20)12-14-8-6-5-7-9-14/h5-11,13H,3-4,12H2,1-2H3,(H,22,24,26). The Hall–Kier alpha value is -2.33. The Morgan fingerprint density at radius 2 is 1.80 bits per heavy atom. The van der Waals surface area contributed by atoms with Crippen LogP contribution in [0.15, 0.2) is 53.4 Å². The summed E-state index contributed by atoms with van der Waals surface area (Å²) in [5.41, 5.74) is 1.15. The van der Waals surface area contributed by atoms with Gasteiger partial charge >= 0.3 is 0 Å². The van der Waals surface area contributed by atoms with Crippen molar-refractivity contribution in [3.05, 3.63) is 69.7 Å². The number of hydrogen-bond acceptors (Lipinski definition) is 6. The van der Waals surface area contributed by atoms with Gasteiger partial charge in [0, 0.05) is 19.5 Å². The van der Waals surface area contributed by atoms with Crippen LogP contribution in [0.2, 0.25) is 5.02 Å². The molecule has 1 heterocycles. The molecule has 30 heavy (non-hydrogen) atoms. The molecule has 3 rings (SSSR count). The lowest BCUT2D eigenvalue weighted by Gasteiger charge is -2.19. The van der Waals surface area contributed by atoms with Gasteiger partial charge < -0.3 is 0 Å². The summed E-state index contributed by atoms with van der Waals surface area (Å²) in [5, 5.41) is 12.0. The summed E-state index contributed by atoms with van der Waals surface area (Å²) in [7, 11) is -3.71. The Kier molecular flexibility index (Phi) is 7.19. The van der Waals surface area contributed by atoms with Crippen molar-refractivity contribution in [2.75, 3.05) is 18.4 Å². The van der Waals surface area contributed by atoms with Crippen molar-refractivity contribution in [1.29, 1.82) is 0 Å². The molecule has 3 aromatic rings. The second kappa shape index (κ2) is 9.65. The van der Waals surface area contributed by atoms with Crippen molar-refractivity contribution in [2.24, 2.45) is 0 Å². The fraction of sp³-hybridized carbons (Fsp3) is 0.250. The van der Waals surface area contributed by atoms with Crippen molar-refractivity contribution in [1.82, 2.24) is 14.5 Å². The van der Waals surface area contributed by atoms with Gasteiger partial charge in [-0.3, -0.25) is 10.1 Å². The number of aromatic nitrogens is 2. The van der Waals surface area contributed by atoms with Gasteiger partial charge in [-0.1, -0.05) is 67.1 Å². The molecule has 158 valence electrons. The number of hydrogen-bond donors (Lipinski definition) is 1. The predicted molar refractivity (Wildman–Crippen MR) is 119 cm³/mol. The molecule has 0 atom stereocenters. The van der Waals surface area contributed by atoms with E-state index in [1.165, 1.54) is 33.8 Å². The normalized spacial score (nSPS) is 11.6. The third-order valence-corrected chi connectivity index (χ3v) is 7.63. The zero-order valence-corrected chi connectivity index (χ0v) is 18.9. The van der Waals surface area contributed by atoms with Crippen LogP contribution in [0.1, 0.15) is 34.8 Å². The van der Waals surface area contributed by atoms with Crippen LogP contribution in [-0.4, -0.2) is 41.9 Å². The molecule has 0 radical (unpaired) electrons. The van der Waals surface area contributed by atoms with E-state index < -0.39 is 15.9 Å². The van der Waals surface area contributed by atoms with E-state index in [0.717, 1.165) is 10.6 Å². The summed E-state index contributed by atoms with van der Waals surface area (Å²) in [6.45, 7) is 4.18. The maximum absolute atomic E-state index is 12.7. The van der Waals surface area contributed by atoms with Gasteiger partial charge in [0.15, 0.2) is 0 Å². The van der Waals surface area contributed by atoms with E-state index in [0.29, 0.717) is 24.6 Å². The molecule has 0 bridgehead atoms. The Bertz CT molecular complexity index is 1130. The van der Waals surface area contributed by atoms with Crippen molar-refractivity contribution < 1.29 is 13.2 Å². The number of carbonyl (C=O) groups is 1. The number of sulfonamides is 1. The lowest BCUT2D eigenvalue weighted by molar-refractivity contribution is 0.102. The van der Waals surface area contributed by atoms with Gasteiger partial charge in [-0.2, -0.15) is 4.31 Å². The van der Waals surface area contributed by atoms with E-state index in [-0.39, 0.29) is 15.5 Å². The molecule has 0 unspecified atom stereocenters. The van der Waals surface area contributed by atoms with Gasteiger partial charge in [0.1, 0.15) is 5.01 Å². The van der Waals surface area contributed by atoms with Crippen LogP contribution in [0.4, 0.5) is 5.13 Å². The number of benzene rings is 2. The summed E-state index contributed by atoms with van der Waals surface area (Å²) in [6, 6.07) is 13.9. The Balaban J connectivity index is 1.79. The molecule has 0 aliphatic rings. The second-order valence-electron chi connectivity index (χ2n) is 6.35. The minimum Gasteiger partial charge on any atom is -0.296 e. The minimum atomic E-state index is -3.71. The average Bonchev–Trinajstić information content (AvgIpc) is 3.16. The van der Waals surface area contributed by atoms with Crippen molar-refractivity contribution in [3.8, 4) is 0 Å². The molecule has 0 saturated carbocycles. The molecule has 2 aromatic carbocycles. The average molecular weight is 465 g/mol. The third kappa shape index (κ3) is 5.04. The Labute approximate surface area is 184 Å². The van der Waals surface area contributed by atoms with Crippen LogP contribution in [0.3, 0.4) is 0 Å². The van der Waals surface area contributed by atoms with Gasteiger partial charge in [0.25, 0.3) is 5.91 Å². The summed E-state index contributed by atoms with van der Waals surface area (Å²) in [6.07, 6.45) is 0.604.